The fourth-order valence-electron chi connectivity index (χ4n) is 4.11. The van der Waals surface area contributed by atoms with E-state index < -0.39 is 10.8 Å². The molecule has 2 heterocycles. The fourth-order valence-corrected chi connectivity index (χ4v) is 4.11. The smallest absolute Gasteiger partial charge is 0.271 e. The number of fused-ring (bicyclic) bond motifs is 4. The van der Waals surface area contributed by atoms with Gasteiger partial charge in [-0.15, -0.1) is 5.10 Å². The van der Waals surface area contributed by atoms with E-state index in [0.29, 0.717) is 17.0 Å². The molecule has 174 valence electrons. The number of non-ortho nitro benzene ring substituents is 1. The molecule has 0 spiro atoms. The van der Waals surface area contributed by atoms with Crippen LogP contribution >= 0.6 is 0 Å². The number of nitro benzene ring substituents is 1. The molecule has 0 aliphatic heterocycles. The third-order valence-electron chi connectivity index (χ3n) is 5.90. The Balaban J connectivity index is 1.50. The number of nitrogens with zero attached hydrogens (tertiary/aromatic N) is 3. The van der Waals surface area contributed by atoms with Gasteiger partial charge in [0.05, 0.1) is 21.5 Å². The van der Waals surface area contributed by atoms with E-state index >= 15 is 0 Å². The highest BCUT2D eigenvalue weighted by Gasteiger charge is 2.14. The van der Waals surface area contributed by atoms with E-state index in [2.05, 4.69) is 20.5 Å². The quantitative estimate of drug-likeness (QED) is 0.204. The lowest BCUT2D eigenvalue weighted by Crippen LogP contribution is -2.22. The summed E-state index contributed by atoms with van der Waals surface area (Å²) >= 11 is 0. The number of nitrogens with one attached hydrogen (secondary N) is 2. The van der Waals surface area contributed by atoms with E-state index in [1.807, 2.05) is 66.7 Å². The first-order valence-corrected chi connectivity index (χ1v) is 11.1. The van der Waals surface area contributed by atoms with Gasteiger partial charge in [0, 0.05) is 23.1 Å². The number of para-hydroxylation sites is 2. The van der Waals surface area contributed by atoms with Crippen molar-refractivity contribution in [1.29, 1.82) is 0 Å². The normalized spacial score (nSPS) is 11.8. The Labute approximate surface area is 202 Å². The number of hydrogen-bond acceptors (Lipinski definition) is 6. The third-order valence-corrected chi connectivity index (χ3v) is 5.90. The first-order valence-electron chi connectivity index (χ1n) is 11.1. The number of rotatable bonds is 4. The lowest BCUT2D eigenvalue weighted by atomic mass is 10.0. The van der Waals surface area contributed by atoms with Crippen LogP contribution in [0, 0.1) is 10.1 Å². The summed E-state index contributed by atoms with van der Waals surface area (Å²) in [7, 11) is 0. The predicted octanol–water partition coefficient (Wildman–Crippen LogP) is 5.28. The van der Waals surface area contributed by atoms with Gasteiger partial charge in [0.25, 0.3) is 11.6 Å². The summed E-state index contributed by atoms with van der Waals surface area (Å²) in [5, 5.41) is 18.1. The summed E-state index contributed by atoms with van der Waals surface area (Å²) in [5.74, 6) is 0.00683. The van der Waals surface area contributed by atoms with E-state index in [9.17, 15) is 14.9 Å². The zero-order valence-electron chi connectivity index (χ0n) is 18.6. The molecule has 0 unspecified atom stereocenters. The molecule has 0 aliphatic rings. The molecule has 0 atom stereocenters. The van der Waals surface area contributed by atoms with E-state index in [-0.39, 0.29) is 16.8 Å². The molecule has 0 fully saturated rings. The summed E-state index contributed by atoms with van der Waals surface area (Å²) in [6.45, 7) is 0. The molecule has 36 heavy (non-hydrogen) atoms. The molecule has 2 aromatic heterocycles. The van der Waals surface area contributed by atoms with Crippen molar-refractivity contribution in [2.45, 2.75) is 0 Å². The van der Waals surface area contributed by atoms with Crippen LogP contribution in [0.4, 0.5) is 5.69 Å². The van der Waals surface area contributed by atoms with Gasteiger partial charge < -0.3 is 9.40 Å². The topological polar surface area (TPSA) is 126 Å². The molecule has 6 rings (SSSR count). The molecule has 0 radical (unpaired) electrons. The van der Waals surface area contributed by atoms with Crippen LogP contribution in [0.15, 0.2) is 101 Å². The van der Waals surface area contributed by atoms with Crippen molar-refractivity contribution in [2.75, 3.05) is 0 Å². The molecule has 0 aliphatic carbocycles. The molecule has 6 aromatic rings. The summed E-state index contributed by atoms with van der Waals surface area (Å²) < 4.78 is 6.16. The van der Waals surface area contributed by atoms with Crippen molar-refractivity contribution in [2.24, 2.45) is 5.10 Å². The fraction of sp³-hybridized carbons (Fsp3) is 0. The largest absolute Gasteiger partial charge is 0.436 e. The standard InChI is InChI=1S/C27H17N5O4/c33-26(17-9-12-18(13-10-17)32(34)35)30-31-27-21(25-28-22-7-3-4-8-23(22)29-25)15-20-19-6-2-1-5-16(19)11-14-24(20)36-27/h1-15H,(H,28,29)(H,30,33). The minimum Gasteiger partial charge on any atom is -0.436 e. The summed E-state index contributed by atoms with van der Waals surface area (Å²) in [6.07, 6.45) is 0. The molecule has 9 nitrogen and oxygen atoms in total. The third kappa shape index (κ3) is 3.74. The van der Waals surface area contributed by atoms with E-state index in [4.69, 9.17) is 4.42 Å². The van der Waals surface area contributed by atoms with Gasteiger partial charge in [-0.2, -0.15) is 0 Å². The van der Waals surface area contributed by atoms with Crippen LogP contribution in [-0.2, 0) is 0 Å². The maximum atomic E-state index is 12.7. The maximum Gasteiger partial charge on any atom is 0.271 e. The van der Waals surface area contributed by atoms with Crippen molar-refractivity contribution < 1.29 is 14.1 Å². The van der Waals surface area contributed by atoms with Gasteiger partial charge in [-0.3, -0.25) is 14.9 Å². The van der Waals surface area contributed by atoms with Crippen LogP contribution in [-0.4, -0.2) is 20.8 Å². The minimum atomic E-state index is -0.533. The zero-order chi connectivity index (χ0) is 24.6. The van der Waals surface area contributed by atoms with E-state index in [1.54, 1.807) is 0 Å². The number of hydrogen-bond donors (Lipinski definition) is 2. The number of imidazole rings is 1. The molecular formula is C27H17N5O4. The van der Waals surface area contributed by atoms with Crippen LogP contribution in [0.3, 0.4) is 0 Å². The van der Waals surface area contributed by atoms with Gasteiger partial charge in [-0.05, 0) is 47.2 Å². The number of H-pyrrole nitrogens is 1. The van der Waals surface area contributed by atoms with Crippen LogP contribution in [0.25, 0.3) is 44.2 Å². The van der Waals surface area contributed by atoms with Crippen LogP contribution < -0.4 is 11.0 Å². The van der Waals surface area contributed by atoms with Gasteiger partial charge in [0.15, 0.2) is 0 Å². The van der Waals surface area contributed by atoms with Gasteiger partial charge >= 0.3 is 0 Å². The average molecular weight is 475 g/mol. The van der Waals surface area contributed by atoms with Crippen LogP contribution in [0.2, 0.25) is 0 Å². The Morgan fingerprint density at radius 3 is 2.53 bits per heavy atom. The number of carbonyl (C=O) groups is 1. The van der Waals surface area contributed by atoms with Crippen molar-refractivity contribution in [3.8, 4) is 11.4 Å². The Kier molecular flexibility index (Phi) is 5.00. The average Bonchev–Trinajstić information content (AvgIpc) is 3.35. The first kappa shape index (κ1) is 21.2. The van der Waals surface area contributed by atoms with Crippen LogP contribution in [0.1, 0.15) is 10.4 Å². The van der Waals surface area contributed by atoms with Crippen molar-refractivity contribution in [1.82, 2.24) is 15.4 Å². The predicted molar refractivity (Wildman–Crippen MR) is 135 cm³/mol. The van der Waals surface area contributed by atoms with Gasteiger partial charge in [-0.1, -0.05) is 42.5 Å². The molecule has 0 bridgehead atoms. The molecule has 0 saturated heterocycles. The number of aromatic nitrogens is 2. The second kappa shape index (κ2) is 8.48. The minimum absolute atomic E-state index is 0.104. The van der Waals surface area contributed by atoms with Gasteiger partial charge in [0.1, 0.15) is 11.4 Å². The van der Waals surface area contributed by atoms with Gasteiger partial charge in [-0.25, -0.2) is 10.4 Å². The molecule has 9 heteroatoms. The van der Waals surface area contributed by atoms with E-state index in [0.717, 1.165) is 27.2 Å². The summed E-state index contributed by atoms with van der Waals surface area (Å²) in [5.41, 5.74) is 5.57. The second-order valence-corrected chi connectivity index (χ2v) is 8.12. The van der Waals surface area contributed by atoms with Crippen LogP contribution in [0.5, 0.6) is 0 Å². The summed E-state index contributed by atoms with van der Waals surface area (Å²) in [6, 6.07) is 26.6. The lowest BCUT2D eigenvalue weighted by Gasteiger charge is -2.06. The SMILES string of the molecule is O=C(NN=c1oc2ccc3ccccc3c2cc1-c1nc2ccccc2[nH]1)c1ccc([N+](=O)[O-])cc1. The highest BCUT2D eigenvalue weighted by molar-refractivity contribution is 6.06. The van der Waals surface area contributed by atoms with Gasteiger partial charge in [0.2, 0.25) is 5.55 Å². The molecule has 0 saturated carbocycles. The molecule has 1 amide bonds. The number of nitro groups is 1. The highest BCUT2D eigenvalue weighted by Crippen LogP contribution is 2.28. The molecular weight excluding hydrogens is 458 g/mol. The highest BCUT2D eigenvalue weighted by atomic mass is 16.6. The first-order chi connectivity index (χ1) is 17.6. The number of carbonyl (C=O) groups excluding carboxylic acids is 1. The maximum absolute atomic E-state index is 12.7. The Morgan fingerprint density at radius 2 is 1.72 bits per heavy atom. The Bertz CT molecular complexity index is 1840. The van der Waals surface area contributed by atoms with E-state index in [1.165, 1.54) is 24.3 Å². The zero-order valence-corrected chi connectivity index (χ0v) is 18.6. The Hall–Kier alpha value is -5.31. The monoisotopic (exact) mass is 475 g/mol. The Morgan fingerprint density at radius 1 is 0.944 bits per heavy atom. The lowest BCUT2D eigenvalue weighted by molar-refractivity contribution is -0.384. The van der Waals surface area contributed by atoms with Crippen molar-refractivity contribution >= 4 is 44.4 Å². The molecule has 4 aromatic carbocycles. The number of amides is 1. The number of aromatic amines is 1. The number of benzene rings is 4. The second-order valence-electron chi connectivity index (χ2n) is 8.12. The van der Waals surface area contributed by atoms with Crippen molar-refractivity contribution in [3.05, 3.63) is 112 Å². The summed E-state index contributed by atoms with van der Waals surface area (Å²) in [4.78, 5) is 31.0. The van der Waals surface area contributed by atoms with Crippen molar-refractivity contribution in [3.63, 3.8) is 0 Å². The molecule has 2 N–H and O–H groups in total.